The number of aromatic nitrogens is 5. The zero-order valence-electron chi connectivity index (χ0n) is 45.8. The number of aryl methyl sites for hydroxylation is 1. The lowest BCUT2D eigenvalue weighted by atomic mass is 9.77. The zero-order valence-corrected chi connectivity index (χ0v) is 49.1. The number of phosphoric ester groups is 1. The smallest absolute Gasteiger partial charge is 0.481 e. The SMILES string of the molecule is Cc1cc(CC(=O)O)c(C(C)(C)CC(=O)N(c2nn(CC(F)(F)F)c3c(-c4ccc(C#CC(C)(C)S(C)(=O)=O)nc4[C@H](Cc4cc(F)cc(F)c4)NC(=O)Cn4nc(C(F)(F)F)c5c4C(F)(F)C4C[C@H]54)ccc(Cl)c23)S(C)(=O)=O)c(OP(=O)(O)O)c1. The number of halogens is 11. The molecule has 8 rings (SSSR count). The van der Waals surface area contributed by atoms with E-state index < -0.39 is 197 Å². The minimum atomic E-state index is -5.45. The Hall–Kier alpha value is -7.10. The van der Waals surface area contributed by atoms with Crippen LogP contribution < -0.4 is 14.1 Å². The van der Waals surface area contributed by atoms with Gasteiger partial charge in [0.1, 0.15) is 46.6 Å². The fourth-order valence-corrected chi connectivity index (χ4v) is 12.2. The van der Waals surface area contributed by atoms with E-state index in [1.54, 1.807) is 0 Å². The number of alkyl halides is 8. The number of hydrogen-bond acceptors (Lipinski definition) is 12. The van der Waals surface area contributed by atoms with Crippen molar-refractivity contribution in [3.63, 3.8) is 0 Å². The molecular formula is C53H49ClF10N7O12PS2. The highest BCUT2D eigenvalue weighted by Crippen LogP contribution is 2.68. The van der Waals surface area contributed by atoms with Gasteiger partial charge in [-0.2, -0.15) is 49.6 Å². The molecule has 4 N–H and O–H groups in total. The molecule has 86 heavy (non-hydrogen) atoms. The third-order valence-corrected chi connectivity index (χ3v) is 18.0. The van der Waals surface area contributed by atoms with Crippen molar-refractivity contribution in [1.29, 1.82) is 0 Å². The maximum atomic E-state index is 15.7. The van der Waals surface area contributed by atoms with Crippen LogP contribution in [0.15, 0.2) is 54.6 Å². The van der Waals surface area contributed by atoms with Crippen LogP contribution in [0.2, 0.25) is 5.02 Å². The van der Waals surface area contributed by atoms with Crippen molar-refractivity contribution >= 4 is 73.8 Å². The van der Waals surface area contributed by atoms with Crippen LogP contribution in [0.5, 0.6) is 5.75 Å². The number of hydrogen-bond donors (Lipinski definition) is 4. The summed E-state index contributed by atoms with van der Waals surface area (Å²) in [6.45, 7) is 2.82. The topological polar surface area (TPSA) is 270 Å². The van der Waals surface area contributed by atoms with Crippen LogP contribution in [0.3, 0.4) is 0 Å². The number of aliphatic carboxylic acids is 1. The van der Waals surface area contributed by atoms with E-state index in [1.165, 1.54) is 40.7 Å². The molecule has 0 aliphatic heterocycles. The van der Waals surface area contributed by atoms with Gasteiger partial charge in [0.15, 0.2) is 21.3 Å². The standard InChI is InChI=1S/C53H49ClF10N7O12PS2/c1-25-14-27(19-40(74)75)43(37(15-25)83-84(76,77)78)49(2,3)22-39(73)71(86(7,81)82)48-42-35(54)11-10-32(45(42)70(68-48)24-51(57,58)59)31-9-8-30(12-13-50(4,5)85(6,79)80)65-44(31)36(18-26-16-28(55)20-29(56)17-26)66-38(72)23-69-47-41(46(67-69)53(62,63)64)33-21-34(33)52(47,60)61/h8-11,14-17,20,33-34,36H,18-19,21-24H2,1-7H3,(H,66,72)(H,74,75)(H2,76,77,78)/t33-,34?,36-/m0/s1. The number of carbonyl (C=O) groups is 3. The number of carboxylic acids is 1. The summed E-state index contributed by atoms with van der Waals surface area (Å²) in [4.78, 5) is 65.5. The Labute approximate surface area is 487 Å². The van der Waals surface area contributed by atoms with E-state index in [0.717, 1.165) is 48.7 Å². The predicted molar refractivity (Wildman–Crippen MR) is 288 cm³/mol. The van der Waals surface area contributed by atoms with E-state index in [4.69, 9.17) is 16.1 Å². The van der Waals surface area contributed by atoms with E-state index in [1.807, 2.05) is 0 Å². The Morgan fingerprint density at radius 1 is 0.930 bits per heavy atom. The summed E-state index contributed by atoms with van der Waals surface area (Å²) < 4.78 is 218. The van der Waals surface area contributed by atoms with Crippen LogP contribution in [0.4, 0.5) is 49.7 Å². The van der Waals surface area contributed by atoms with Gasteiger partial charge in [0, 0.05) is 52.3 Å². The fraction of sp³-hybridized carbons (Fsp3) is 0.396. The number of rotatable bonds is 18. The number of benzene rings is 3. The van der Waals surface area contributed by atoms with Gasteiger partial charge >= 0.3 is 26.1 Å². The van der Waals surface area contributed by atoms with Crippen LogP contribution in [-0.4, -0.2) is 97.5 Å². The van der Waals surface area contributed by atoms with E-state index in [9.17, 15) is 85.8 Å². The van der Waals surface area contributed by atoms with Gasteiger partial charge in [0.25, 0.3) is 5.92 Å². The third kappa shape index (κ3) is 13.5. The molecule has 6 aromatic rings. The molecule has 1 saturated carbocycles. The quantitative estimate of drug-likeness (QED) is 0.0355. The van der Waals surface area contributed by atoms with Crippen molar-refractivity contribution in [1.82, 2.24) is 29.9 Å². The Morgan fingerprint density at radius 2 is 1.56 bits per heavy atom. The molecule has 2 aliphatic rings. The molecule has 19 nitrogen and oxygen atoms in total. The minimum Gasteiger partial charge on any atom is -0.481 e. The maximum Gasteiger partial charge on any atom is 0.524 e. The van der Waals surface area contributed by atoms with Gasteiger partial charge in [-0.3, -0.25) is 33.5 Å². The average Bonchev–Trinajstić information content (AvgIpc) is 1.52. The van der Waals surface area contributed by atoms with E-state index >= 15 is 8.78 Å². The molecule has 3 atom stereocenters. The normalized spacial score (nSPS) is 16.5. The Balaban J connectivity index is 1.36. The first kappa shape index (κ1) is 64.9. The fourth-order valence-electron chi connectivity index (χ4n) is 10.5. The number of nitrogens with one attached hydrogen (secondary N) is 1. The molecule has 3 aromatic heterocycles. The maximum absolute atomic E-state index is 15.7. The molecule has 2 amide bonds. The summed E-state index contributed by atoms with van der Waals surface area (Å²) in [6.07, 6.45) is -12.2. The van der Waals surface area contributed by atoms with E-state index in [2.05, 4.69) is 32.3 Å². The minimum absolute atomic E-state index is 0.0275. The number of carboxylic acid groups (broad SMARTS) is 1. The number of fused-ring (bicyclic) bond motifs is 4. The monoisotopic (exact) mass is 1300 g/mol. The number of phosphoric acid groups is 1. The van der Waals surface area contributed by atoms with Crippen LogP contribution >= 0.6 is 19.4 Å². The van der Waals surface area contributed by atoms with E-state index in [-0.39, 0.29) is 48.0 Å². The second-order valence-electron chi connectivity index (χ2n) is 21.9. The van der Waals surface area contributed by atoms with Gasteiger partial charge < -0.3 is 14.9 Å². The number of sulfone groups is 1. The van der Waals surface area contributed by atoms with Crippen molar-refractivity contribution in [2.45, 2.75) is 114 Å². The number of sulfonamides is 1. The van der Waals surface area contributed by atoms with E-state index in [0.29, 0.717) is 12.3 Å². The summed E-state index contributed by atoms with van der Waals surface area (Å²) in [5.41, 5.74) is -8.67. The Bertz CT molecular complexity index is 4160. The summed E-state index contributed by atoms with van der Waals surface area (Å²) in [5, 5.41) is 18.3. The van der Waals surface area contributed by atoms with Gasteiger partial charge in [-0.25, -0.2) is 35.2 Å². The Kier molecular flexibility index (Phi) is 16.8. The van der Waals surface area contributed by atoms with Crippen LogP contribution in [0, 0.1) is 36.3 Å². The molecule has 1 unspecified atom stereocenters. The molecule has 0 spiro atoms. The molecule has 2 aliphatic carbocycles. The summed E-state index contributed by atoms with van der Waals surface area (Å²) >= 11 is 6.78. The summed E-state index contributed by atoms with van der Waals surface area (Å²) in [5.74, 6) is -10.1. The van der Waals surface area contributed by atoms with Gasteiger partial charge in [-0.15, -0.1) is 0 Å². The summed E-state index contributed by atoms with van der Waals surface area (Å²) in [6, 6.07) is 6.71. The lowest BCUT2D eigenvalue weighted by Gasteiger charge is -2.31. The molecule has 3 aromatic carbocycles. The molecule has 0 saturated heterocycles. The highest BCUT2D eigenvalue weighted by molar-refractivity contribution is 7.93. The van der Waals surface area contributed by atoms with Gasteiger partial charge in [0.05, 0.1) is 40.3 Å². The van der Waals surface area contributed by atoms with Crippen LogP contribution in [0.25, 0.3) is 22.0 Å². The molecule has 3 heterocycles. The number of pyridine rings is 1. The summed E-state index contributed by atoms with van der Waals surface area (Å²) in [7, 11) is -14.5. The largest absolute Gasteiger partial charge is 0.524 e. The Morgan fingerprint density at radius 3 is 2.13 bits per heavy atom. The second kappa shape index (κ2) is 22.2. The van der Waals surface area contributed by atoms with Gasteiger partial charge in [-0.05, 0) is 98.5 Å². The first-order valence-corrected chi connectivity index (χ1v) is 30.9. The zero-order chi connectivity index (χ0) is 64.1. The molecular weight excluding hydrogens is 1250 g/mol. The van der Waals surface area contributed by atoms with Gasteiger partial charge in [0.2, 0.25) is 21.8 Å². The predicted octanol–water partition coefficient (Wildman–Crippen LogP) is 9.36. The van der Waals surface area contributed by atoms with Gasteiger partial charge in [-0.1, -0.05) is 43.5 Å². The van der Waals surface area contributed by atoms with Crippen molar-refractivity contribution in [2.75, 3.05) is 16.8 Å². The lowest BCUT2D eigenvalue weighted by molar-refractivity contribution is -0.143. The van der Waals surface area contributed by atoms with Crippen molar-refractivity contribution in [2.24, 2.45) is 5.92 Å². The van der Waals surface area contributed by atoms with Crippen molar-refractivity contribution < 1.29 is 99.1 Å². The highest BCUT2D eigenvalue weighted by Gasteiger charge is 2.68. The molecule has 0 bridgehead atoms. The first-order chi connectivity index (χ1) is 39.3. The molecule has 462 valence electrons. The van der Waals surface area contributed by atoms with Crippen molar-refractivity contribution in [3.05, 3.63) is 122 Å². The molecule has 0 radical (unpaired) electrons. The van der Waals surface area contributed by atoms with Crippen LogP contribution in [0.1, 0.15) is 103 Å². The number of anilines is 1. The molecule has 33 heteroatoms. The average molecular weight is 1300 g/mol. The third-order valence-electron chi connectivity index (χ3n) is 14.2. The number of amides is 2. The lowest BCUT2D eigenvalue weighted by Crippen LogP contribution is -2.40. The second-order valence-corrected chi connectivity index (χ2v) is 27.9. The van der Waals surface area contributed by atoms with Crippen molar-refractivity contribution in [3.8, 4) is 28.7 Å². The molecule has 1 fully saturated rings. The van der Waals surface area contributed by atoms with Crippen LogP contribution in [-0.2, 0) is 82.3 Å². The number of carbonyl (C=O) groups excluding carboxylic acids is 2. The highest BCUT2D eigenvalue weighted by atomic mass is 35.5. The first-order valence-electron chi connectivity index (χ1n) is 25.2. The number of nitrogens with zero attached hydrogens (tertiary/aromatic N) is 6.